The van der Waals surface area contributed by atoms with E-state index in [4.69, 9.17) is 0 Å². The molecule has 0 spiro atoms. The van der Waals surface area contributed by atoms with Crippen molar-refractivity contribution in [1.82, 2.24) is 10.2 Å². The van der Waals surface area contributed by atoms with Crippen LogP contribution in [0.4, 0.5) is 4.39 Å². The van der Waals surface area contributed by atoms with Crippen molar-refractivity contribution in [2.24, 2.45) is 5.92 Å². The first-order valence-electron chi connectivity index (χ1n) is 7.88. The summed E-state index contributed by atoms with van der Waals surface area (Å²) in [6.07, 6.45) is 2.59. The minimum Gasteiger partial charge on any atom is -0.321 e. The third-order valence-electron chi connectivity index (χ3n) is 4.20. The predicted octanol–water partition coefficient (Wildman–Crippen LogP) is 3.47. The van der Waals surface area contributed by atoms with E-state index >= 15 is 0 Å². The molecule has 1 aromatic rings. The van der Waals surface area contributed by atoms with Gasteiger partial charge in [0, 0.05) is 6.54 Å². The van der Waals surface area contributed by atoms with E-state index in [-0.39, 0.29) is 23.9 Å². The van der Waals surface area contributed by atoms with Gasteiger partial charge < -0.3 is 4.90 Å². The van der Waals surface area contributed by atoms with E-state index in [0.29, 0.717) is 12.5 Å². The molecule has 21 heavy (non-hydrogen) atoms. The number of amides is 1. The van der Waals surface area contributed by atoms with Gasteiger partial charge in [-0.05, 0) is 30.0 Å². The number of halogens is 1. The maximum atomic E-state index is 13.5. The Balaban J connectivity index is 2.25. The number of hydrogen-bond acceptors (Lipinski definition) is 2. The van der Waals surface area contributed by atoms with Gasteiger partial charge in [0.05, 0.1) is 6.04 Å². The van der Waals surface area contributed by atoms with Crippen LogP contribution in [-0.2, 0) is 4.79 Å². The molecule has 1 fully saturated rings. The second-order valence-corrected chi connectivity index (χ2v) is 5.97. The van der Waals surface area contributed by atoms with E-state index < -0.39 is 0 Å². The highest BCUT2D eigenvalue weighted by Gasteiger charge is 2.39. The van der Waals surface area contributed by atoms with E-state index in [1.54, 1.807) is 6.07 Å². The molecule has 116 valence electrons. The van der Waals surface area contributed by atoms with Gasteiger partial charge >= 0.3 is 0 Å². The maximum absolute atomic E-state index is 13.5. The van der Waals surface area contributed by atoms with Crippen molar-refractivity contribution in [2.45, 2.75) is 52.2 Å². The highest BCUT2D eigenvalue weighted by Crippen LogP contribution is 2.28. The predicted molar refractivity (Wildman–Crippen MR) is 82.1 cm³/mol. The number of carbonyl (C=O) groups excluding carboxylic acids is 1. The Kier molecular flexibility index (Phi) is 5.34. The van der Waals surface area contributed by atoms with Crippen molar-refractivity contribution >= 4 is 5.91 Å². The van der Waals surface area contributed by atoms with Crippen molar-refractivity contribution in [3.05, 3.63) is 35.6 Å². The Morgan fingerprint density at radius 2 is 2.14 bits per heavy atom. The van der Waals surface area contributed by atoms with Crippen LogP contribution in [0.15, 0.2) is 24.3 Å². The fraction of sp³-hybridized carbons (Fsp3) is 0.588. The second-order valence-electron chi connectivity index (χ2n) is 5.97. The number of nitrogens with one attached hydrogen (secondary N) is 1. The molecule has 0 aliphatic carbocycles. The lowest BCUT2D eigenvalue weighted by Crippen LogP contribution is -2.34. The largest absolute Gasteiger partial charge is 0.321 e. The van der Waals surface area contributed by atoms with Crippen LogP contribution in [0, 0.1) is 11.7 Å². The molecule has 1 heterocycles. The summed E-state index contributed by atoms with van der Waals surface area (Å²) in [5.41, 5.74) is 0.824. The highest BCUT2D eigenvalue weighted by atomic mass is 19.1. The standard InChI is InChI=1S/C17H25FN2O/c1-4-7-15-17(21)20(11-12(3)5-2)16(19-15)13-8-6-9-14(18)10-13/h6,8-10,12,15-16,19H,4-5,7,11H2,1-3H3. The van der Waals surface area contributed by atoms with Gasteiger partial charge in [-0.1, -0.05) is 45.7 Å². The summed E-state index contributed by atoms with van der Waals surface area (Å²) in [4.78, 5) is 14.5. The Hall–Kier alpha value is -1.42. The topological polar surface area (TPSA) is 32.3 Å². The first kappa shape index (κ1) is 16.0. The number of benzene rings is 1. The first-order valence-corrected chi connectivity index (χ1v) is 7.88. The van der Waals surface area contributed by atoms with Crippen molar-refractivity contribution in [3.63, 3.8) is 0 Å². The zero-order chi connectivity index (χ0) is 15.4. The van der Waals surface area contributed by atoms with Gasteiger partial charge in [-0.25, -0.2) is 4.39 Å². The lowest BCUT2D eigenvalue weighted by Gasteiger charge is -2.27. The first-order chi connectivity index (χ1) is 10.1. The molecule has 3 nitrogen and oxygen atoms in total. The molecule has 1 aliphatic rings. The van der Waals surface area contributed by atoms with Crippen molar-refractivity contribution < 1.29 is 9.18 Å². The van der Waals surface area contributed by atoms with Crippen LogP contribution < -0.4 is 5.32 Å². The van der Waals surface area contributed by atoms with Crippen LogP contribution in [0.1, 0.15) is 51.8 Å². The van der Waals surface area contributed by atoms with Gasteiger partial charge in [0.2, 0.25) is 5.91 Å². The molecule has 3 atom stereocenters. The van der Waals surface area contributed by atoms with E-state index in [9.17, 15) is 9.18 Å². The average Bonchev–Trinajstić information content (AvgIpc) is 2.77. The van der Waals surface area contributed by atoms with Crippen LogP contribution >= 0.6 is 0 Å². The maximum Gasteiger partial charge on any atom is 0.241 e. The minimum absolute atomic E-state index is 0.145. The summed E-state index contributed by atoms with van der Waals surface area (Å²) in [5.74, 6) is 0.322. The molecule has 0 radical (unpaired) electrons. The minimum atomic E-state index is -0.260. The molecular formula is C17H25FN2O. The molecule has 0 aromatic heterocycles. The van der Waals surface area contributed by atoms with Gasteiger partial charge in [0.15, 0.2) is 0 Å². The summed E-state index contributed by atoms with van der Waals surface area (Å²) in [5, 5.41) is 3.37. The van der Waals surface area contributed by atoms with E-state index in [1.807, 2.05) is 11.0 Å². The summed E-state index contributed by atoms with van der Waals surface area (Å²) >= 11 is 0. The fourth-order valence-electron chi connectivity index (χ4n) is 2.79. The third-order valence-corrected chi connectivity index (χ3v) is 4.20. The molecule has 1 amide bonds. The molecule has 2 rings (SSSR count). The van der Waals surface area contributed by atoms with Crippen molar-refractivity contribution in [1.29, 1.82) is 0 Å². The molecule has 1 aliphatic heterocycles. The summed E-state index contributed by atoms with van der Waals surface area (Å²) < 4.78 is 13.5. The molecule has 3 unspecified atom stereocenters. The quantitative estimate of drug-likeness (QED) is 0.870. The molecule has 4 heteroatoms. The lowest BCUT2D eigenvalue weighted by atomic mass is 10.1. The van der Waals surface area contributed by atoms with Crippen molar-refractivity contribution in [2.75, 3.05) is 6.54 Å². The molecule has 1 N–H and O–H groups in total. The Labute approximate surface area is 126 Å². The molecular weight excluding hydrogens is 267 g/mol. The number of rotatable bonds is 6. The van der Waals surface area contributed by atoms with Crippen LogP contribution in [-0.4, -0.2) is 23.4 Å². The van der Waals surface area contributed by atoms with E-state index in [0.717, 1.165) is 24.8 Å². The summed E-state index contributed by atoms with van der Waals surface area (Å²) in [7, 11) is 0. The Morgan fingerprint density at radius 3 is 2.76 bits per heavy atom. The van der Waals surface area contributed by atoms with Crippen LogP contribution in [0.25, 0.3) is 0 Å². The Bertz CT molecular complexity index is 491. The summed E-state index contributed by atoms with van der Waals surface area (Å²) in [6, 6.07) is 6.38. The normalized spacial score (nSPS) is 23.6. The van der Waals surface area contributed by atoms with Gasteiger partial charge in [-0.15, -0.1) is 0 Å². The van der Waals surface area contributed by atoms with Gasteiger partial charge in [-0.3, -0.25) is 10.1 Å². The lowest BCUT2D eigenvalue weighted by molar-refractivity contribution is -0.130. The number of nitrogens with zero attached hydrogens (tertiary/aromatic N) is 1. The monoisotopic (exact) mass is 292 g/mol. The Morgan fingerprint density at radius 1 is 1.38 bits per heavy atom. The SMILES string of the molecule is CCCC1NC(c2cccc(F)c2)N(CC(C)CC)C1=O. The van der Waals surface area contributed by atoms with Crippen LogP contribution in [0.3, 0.4) is 0 Å². The van der Waals surface area contributed by atoms with Gasteiger partial charge in [0.25, 0.3) is 0 Å². The van der Waals surface area contributed by atoms with Gasteiger partial charge in [0.1, 0.15) is 12.0 Å². The molecule has 0 bridgehead atoms. The summed E-state index contributed by atoms with van der Waals surface area (Å²) in [6.45, 7) is 7.05. The third kappa shape index (κ3) is 3.62. The van der Waals surface area contributed by atoms with Crippen molar-refractivity contribution in [3.8, 4) is 0 Å². The number of hydrogen-bond donors (Lipinski definition) is 1. The zero-order valence-corrected chi connectivity index (χ0v) is 13.1. The average molecular weight is 292 g/mol. The highest BCUT2D eigenvalue weighted by molar-refractivity contribution is 5.84. The zero-order valence-electron chi connectivity index (χ0n) is 13.1. The molecule has 0 saturated carbocycles. The molecule has 1 saturated heterocycles. The van der Waals surface area contributed by atoms with E-state index in [1.165, 1.54) is 12.1 Å². The van der Waals surface area contributed by atoms with Crippen LogP contribution in [0.2, 0.25) is 0 Å². The number of carbonyl (C=O) groups is 1. The van der Waals surface area contributed by atoms with E-state index in [2.05, 4.69) is 26.1 Å². The fourth-order valence-corrected chi connectivity index (χ4v) is 2.79. The second kappa shape index (κ2) is 7.03. The van der Waals surface area contributed by atoms with Crippen LogP contribution in [0.5, 0.6) is 0 Å². The van der Waals surface area contributed by atoms with Gasteiger partial charge in [-0.2, -0.15) is 0 Å². The smallest absolute Gasteiger partial charge is 0.241 e. The molecule has 1 aromatic carbocycles.